The fraction of sp³-hybridized carbons (Fsp3) is 0.412. The Bertz CT molecular complexity index is 481. The van der Waals surface area contributed by atoms with Gasteiger partial charge in [-0.25, -0.2) is 0 Å². The highest BCUT2D eigenvalue weighted by Gasteiger charge is 2.37. The van der Waals surface area contributed by atoms with Crippen molar-refractivity contribution in [2.75, 3.05) is 13.6 Å². The normalized spacial score (nSPS) is 13.8. The molecule has 1 unspecified atom stereocenters. The molecule has 110 valence electrons. The molecule has 3 heteroatoms. The van der Waals surface area contributed by atoms with Gasteiger partial charge in [0.15, 0.2) is 0 Å². The van der Waals surface area contributed by atoms with Gasteiger partial charge in [0.2, 0.25) is 0 Å². The van der Waals surface area contributed by atoms with Crippen molar-refractivity contribution in [2.45, 2.75) is 25.7 Å². The van der Waals surface area contributed by atoms with Crippen LogP contribution in [0.4, 0.5) is 0 Å². The van der Waals surface area contributed by atoms with Crippen molar-refractivity contribution in [3.63, 3.8) is 0 Å². The van der Waals surface area contributed by atoms with Gasteiger partial charge in [-0.1, -0.05) is 50.2 Å². The predicted molar refractivity (Wildman–Crippen MR) is 92.2 cm³/mol. The van der Waals surface area contributed by atoms with Crippen molar-refractivity contribution in [3.8, 4) is 0 Å². The van der Waals surface area contributed by atoms with Crippen LogP contribution in [0.3, 0.4) is 0 Å². The predicted octanol–water partition coefficient (Wildman–Crippen LogP) is 4.72. The van der Waals surface area contributed by atoms with Crippen LogP contribution in [-0.4, -0.2) is 13.6 Å². The van der Waals surface area contributed by atoms with Crippen molar-refractivity contribution >= 4 is 23.7 Å². The number of rotatable bonds is 6. The lowest BCUT2D eigenvalue weighted by Crippen LogP contribution is -2.35. The first kappa shape index (κ1) is 17.2. The summed E-state index contributed by atoms with van der Waals surface area (Å²) in [6, 6.07) is 15.4. The molecule has 0 aliphatic carbocycles. The molecule has 0 saturated heterocycles. The second-order valence-electron chi connectivity index (χ2n) is 5.32. The maximum absolute atomic E-state index is 3.31. The molecule has 0 aliphatic heterocycles. The summed E-state index contributed by atoms with van der Waals surface area (Å²) in [5.74, 6) is 0.571. The van der Waals surface area contributed by atoms with Crippen LogP contribution >= 0.6 is 23.7 Å². The first-order valence-corrected chi connectivity index (χ1v) is 7.84. The fourth-order valence-corrected chi connectivity index (χ4v) is 4.03. The number of halogens is 1. The highest BCUT2D eigenvalue weighted by molar-refractivity contribution is 7.10. The Labute approximate surface area is 132 Å². The zero-order chi connectivity index (χ0) is 13.7. The van der Waals surface area contributed by atoms with E-state index in [-0.39, 0.29) is 17.8 Å². The third-order valence-corrected chi connectivity index (χ3v) is 5.05. The molecule has 0 amide bonds. The summed E-state index contributed by atoms with van der Waals surface area (Å²) in [5.41, 5.74) is 1.56. The standard InChI is InChI=1S/C17H23NS.ClH/c1-14(2)17(11-12-18-3,16-10-7-13-19-16)15-8-5-4-6-9-15;/h4-10,13-14,18H,11-12H2,1-3H3;1H. The van der Waals surface area contributed by atoms with Gasteiger partial charge in [-0.3, -0.25) is 0 Å². The zero-order valence-corrected chi connectivity index (χ0v) is 14.1. The molecular weight excluding hydrogens is 286 g/mol. The van der Waals surface area contributed by atoms with E-state index in [0.29, 0.717) is 5.92 Å². The van der Waals surface area contributed by atoms with E-state index in [0.717, 1.165) is 13.0 Å². The fourth-order valence-electron chi connectivity index (χ4n) is 2.91. The summed E-state index contributed by atoms with van der Waals surface area (Å²) in [5, 5.41) is 5.50. The molecule has 20 heavy (non-hydrogen) atoms. The summed E-state index contributed by atoms with van der Waals surface area (Å²) in [4.78, 5) is 1.48. The Hall–Kier alpha value is -0.830. The van der Waals surface area contributed by atoms with Gasteiger partial charge in [0.05, 0.1) is 0 Å². The molecule has 0 fully saturated rings. The van der Waals surface area contributed by atoms with Crippen LogP contribution in [0, 0.1) is 5.92 Å². The van der Waals surface area contributed by atoms with Gasteiger partial charge in [0, 0.05) is 10.3 Å². The molecule has 1 heterocycles. The van der Waals surface area contributed by atoms with Crippen LogP contribution in [0.25, 0.3) is 0 Å². The van der Waals surface area contributed by atoms with Gasteiger partial charge in [-0.2, -0.15) is 0 Å². The zero-order valence-electron chi connectivity index (χ0n) is 12.4. The topological polar surface area (TPSA) is 12.0 Å². The number of thiophene rings is 1. The van der Waals surface area contributed by atoms with E-state index in [4.69, 9.17) is 0 Å². The van der Waals surface area contributed by atoms with Crippen LogP contribution < -0.4 is 5.32 Å². The first-order valence-electron chi connectivity index (χ1n) is 6.96. The summed E-state index contributed by atoms with van der Waals surface area (Å²) >= 11 is 1.88. The molecule has 0 saturated carbocycles. The Balaban J connectivity index is 0.00000200. The van der Waals surface area contributed by atoms with Crippen LogP contribution in [0.2, 0.25) is 0 Å². The smallest absolute Gasteiger partial charge is 0.0331 e. The lowest BCUT2D eigenvalue weighted by molar-refractivity contribution is 0.348. The minimum absolute atomic E-state index is 0. The largest absolute Gasteiger partial charge is 0.320 e. The number of benzene rings is 1. The van der Waals surface area contributed by atoms with Crippen LogP contribution in [0.1, 0.15) is 30.7 Å². The second-order valence-corrected chi connectivity index (χ2v) is 6.27. The Morgan fingerprint density at radius 2 is 1.80 bits per heavy atom. The molecule has 0 radical (unpaired) electrons. The van der Waals surface area contributed by atoms with E-state index in [2.05, 4.69) is 67.0 Å². The number of hydrogen-bond donors (Lipinski definition) is 1. The van der Waals surface area contributed by atoms with Crippen molar-refractivity contribution in [3.05, 3.63) is 58.3 Å². The Kier molecular flexibility index (Phi) is 6.74. The summed E-state index contributed by atoms with van der Waals surface area (Å²) in [6.07, 6.45) is 1.13. The lowest BCUT2D eigenvalue weighted by atomic mass is 9.68. The second kappa shape index (κ2) is 7.82. The van der Waals surface area contributed by atoms with Gasteiger partial charge < -0.3 is 5.32 Å². The van der Waals surface area contributed by atoms with Crippen LogP contribution in [0.15, 0.2) is 47.8 Å². The van der Waals surface area contributed by atoms with Crippen molar-refractivity contribution in [1.29, 1.82) is 0 Å². The molecule has 1 aromatic heterocycles. The number of nitrogens with one attached hydrogen (secondary N) is 1. The third kappa shape index (κ3) is 3.25. The molecule has 0 bridgehead atoms. The molecule has 2 rings (SSSR count). The SMILES string of the molecule is CNCCC(c1ccccc1)(c1cccs1)C(C)C.Cl. The maximum atomic E-state index is 3.31. The molecule has 2 aromatic rings. The Morgan fingerprint density at radius 3 is 2.30 bits per heavy atom. The van der Waals surface area contributed by atoms with Crippen molar-refractivity contribution in [2.24, 2.45) is 5.92 Å². The van der Waals surface area contributed by atoms with Gasteiger partial charge in [-0.15, -0.1) is 23.7 Å². The van der Waals surface area contributed by atoms with E-state index < -0.39 is 0 Å². The van der Waals surface area contributed by atoms with Gasteiger partial charge >= 0.3 is 0 Å². The van der Waals surface area contributed by atoms with Gasteiger partial charge in [0.25, 0.3) is 0 Å². The summed E-state index contributed by atoms with van der Waals surface area (Å²) in [6.45, 7) is 5.70. The molecule has 0 spiro atoms. The monoisotopic (exact) mass is 309 g/mol. The maximum Gasteiger partial charge on any atom is 0.0331 e. The average Bonchev–Trinajstić information content (AvgIpc) is 2.95. The van der Waals surface area contributed by atoms with Crippen LogP contribution in [-0.2, 0) is 5.41 Å². The van der Waals surface area contributed by atoms with E-state index in [1.54, 1.807) is 0 Å². The molecule has 1 aromatic carbocycles. The molecular formula is C17H24ClNS. The minimum Gasteiger partial charge on any atom is -0.320 e. The molecule has 1 nitrogen and oxygen atoms in total. The highest BCUT2D eigenvalue weighted by Crippen LogP contribution is 2.44. The van der Waals surface area contributed by atoms with Crippen LogP contribution in [0.5, 0.6) is 0 Å². The van der Waals surface area contributed by atoms with Gasteiger partial charge in [0.1, 0.15) is 0 Å². The summed E-state index contributed by atoms with van der Waals surface area (Å²) in [7, 11) is 2.03. The van der Waals surface area contributed by atoms with Crippen molar-refractivity contribution in [1.82, 2.24) is 5.32 Å². The van der Waals surface area contributed by atoms with E-state index in [9.17, 15) is 0 Å². The van der Waals surface area contributed by atoms with Gasteiger partial charge in [-0.05, 0) is 42.9 Å². The average molecular weight is 310 g/mol. The highest BCUT2D eigenvalue weighted by atomic mass is 35.5. The Morgan fingerprint density at radius 1 is 1.10 bits per heavy atom. The van der Waals surface area contributed by atoms with E-state index >= 15 is 0 Å². The molecule has 1 N–H and O–H groups in total. The van der Waals surface area contributed by atoms with Crippen molar-refractivity contribution < 1.29 is 0 Å². The van der Waals surface area contributed by atoms with E-state index in [1.165, 1.54) is 10.4 Å². The minimum atomic E-state index is 0. The summed E-state index contributed by atoms with van der Waals surface area (Å²) < 4.78 is 0. The lowest BCUT2D eigenvalue weighted by Gasteiger charge is -2.38. The first-order chi connectivity index (χ1) is 9.21. The molecule has 1 atom stereocenters. The third-order valence-electron chi connectivity index (χ3n) is 4.00. The molecule has 0 aliphatic rings. The number of hydrogen-bond acceptors (Lipinski definition) is 2. The quantitative estimate of drug-likeness (QED) is 0.814. The van der Waals surface area contributed by atoms with E-state index in [1.807, 2.05) is 18.4 Å².